The third-order valence-electron chi connectivity index (χ3n) is 1.97. The van der Waals surface area contributed by atoms with Crippen molar-refractivity contribution < 1.29 is 9.53 Å². The van der Waals surface area contributed by atoms with Crippen LogP contribution in [0, 0.1) is 0 Å². The number of thiocarbonyl (C=S) groups is 1. The van der Waals surface area contributed by atoms with Gasteiger partial charge in [0.2, 0.25) is 0 Å². The van der Waals surface area contributed by atoms with E-state index in [1.165, 1.54) is 0 Å². The van der Waals surface area contributed by atoms with Crippen LogP contribution in [0.15, 0.2) is 0 Å². The van der Waals surface area contributed by atoms with Gasteiger partial charge < -0.3 is 4.74 Å². The van der Waals surface area contributed by atoms with Crippen molar-refractivity contribution in [3.63, 3.8) is 0 Å². The average molecular weight is 216 g/mol. The first-order valence-corrected chi connectivity index (χ1v) is 5.72. The minimum absolute atomic E-state index is 0.0708. The van der Waals surface area contributed by atoms with E-state index in [9.17, 15) is 4.79 Å². The molecule has 0 N–H and O–H groups in total. The molecule has 0 bridgehead atoms. The SMILES string of the molecule is CCOC(=O)CCCCCCC(C)=S. The summed E-state index contributed by atoms with van der Waals surface area (Å²) in [5.41, 5.74) is 0. The van der Waals surface area contributed by atoms with Gasteiger partial charge in [-0.15, -0.1) is 0 Å². The van der Waals surface area contributed by atoms with Crippen LogP contribution < -0.4 is 0 Å². The minimum Gasteiger partial charge on any atom is -0.466 e. The number of carbonyl (C=O) groups excluding carboxylic acids is 1. The zero-order chi connectivity index (χ0) is 10.8. The molecule has 0 heterocycles. The van der Waals surface area contributed by atoms with E-state index in [2.05, 4.69) is 0 Å². The molecule has 0 fully saturated rings. The summed E-state index contributed by atoms with van der Waals surface area (Å²) < 4.78 is 4.83. The summed E-state index contributed by atoms with van der Waals surface area (Å²) in [6.45, 7) is 4.30. The van der Waals surface area contributed by atoms with Crippen LogP contribution in [0.25, 0.3) is 0 Å². The molecule has 0 amide bonds. The monoisotopic (exact) mass is 216 g/mol. The van der Waals surface area contributed by atoms with E-state index >= 15 is 0 Å². The molecule has 0 saturated carbocycles. The van der Waals surface area contributed by atoms with Crippen LogP contribution in [-0.4, -0.2) is 17.4 Å². The van der Waals surface area contributed by atoms with Gasteiger partial charge in [0.15, 0.2) is 0 Å². The predicted molar refractivity (Wildman–Crippen MR) is 62.6 cm³/mol. The number of unbranched alkanes of at least 4 members (excludes halogenated alkanes) is 3. The van der Waals surface area contributed by atoms with E-state index in [1.807, 2.05) is 13.8 Å². The van der Waals surface area contributed by atoms with Gasteiger partial charge in [-0.2, -0.15) is 0 Å². The summed E-state index contributed by atoms with van der Waals surface area (Å²) in [6.07, 6.45) is 5.95. The third kappa shape index (κ3) is 9.65. The molecule has 0 atom stereocenters. The first kappa shape index (κ1) is 13.6. The smallest absolute Gasteiger partial charge is 0.305 e. The lowest BCUT2D eigenvalue weighted by molar-refractivity contribution is -0.143. The molecule has 0 aromatic carbocycles. The summed E-state index contributed by atoms with van der Waals surface area (Å²) >= 11 is 4.98. The molecule has 0 aliphatic heterocycles. The van der Waals surface area contributed by atoms with Gasteiger partial charge in [0.25, 0.3) is 0 Å². The number of hydrogen-bond donors (Lipinski definition) is 0. The number of hydrogen-bond acceptors (Lipinski definition) is 3. The van der Waals surface area contributed by atoms with E-state index in [1.54, 1.807) is 0 Å². The standard InChI is InChI=1S/C11H20O2S/c1-3-13-11(12)9-7-5-4-6-8-10(2)14/h3-9H2,1-2H3. The maximum Gasteiger partial charge on any atom is 0.305 e. The van der Waals surface area contributed by atoms with Crippen molar-refractivity contribution in [1.82, 2.24) is 0 Å². The maximum absolute atomic E-state index is 10.9. The topological polar surface area (TPSA) is 26.3 Å². The normalized spacial score (nSPS) is 9.86. The van der Waals surface area contributed by atoms with Crippen LogP contribution in [-0.2, 0) is 9.53 Å². The number of esters is 1. The summed E-state index contributed by atoms with van der Waals surface area (Å²) in [7, 11) is 0. The number of rotatable bonds is 8. The lowest BCUT2D eigenvalue weighted by Gasteiger charge is -2.01. The largest absolute Gasteiger partial charge is 0.466 e. The highest BCUT2D eigenvalue weighted by Gasteiger charge is 2.00. The van der Waals surface area contributed by atoms with Gasteiger partial charge in [0, 0.05) is 6.42 Å². The Morgan fingerprint density at radius 3 is 2.21 bits per heavy atom. The van der Waals surface area contributed by atoms with Crippen LogP contribution in [0.3, 0.4) is 0 Å². The Hall–Kier alpha value is -0.440. The fraction of sp³-hybridized carbons (Fsp3) is 0.818. The van der Waals surface area contributed by atoms with E-state index in [0.717, 1.165) is 37.0 Å². The predicted octanol–water partition coefficient (Wildman–Crippen LogP) is 3.28. The van der Waals surface area contributed by atoms with E-state index in [4.69, 9.17) is 17.0 Å². The lowest BCUT2D eigenvalue weighted by atomic mass is 10.1. The molecular weight excluding hydrogens is 196 g/mol. The average Bonchev–Trinajstić information content (AvgIpc) is 2.11. The zero-order valence-corrected chi connectivity index (χ0v) is 9.99. The summed E-state index contributed by atoms with van der Waals surface area (Å²) in [6, 6.07) is 0. The second kappa shape index (κ2) is 9.13. The van der Waals surface area contributed by atoms with Crippen molar-refractivity contribution in [1.29, 1.82) is 0 Å². The third-order valence-corrected chi connectivity index (χ3v) is 2.17. The Balaban J connectivity index is 3.13. The molecule has 0 aromatic rings. The molecule has 0 unspecified atom stereocenters. The van der Waals surface area contributed by atoms with E-state index in [-0.39, 0.29) is 5.97 Å². The molecule has 0 radical (unpaired) electrons. The van der Waals surface area contributed by atoms with Crippen LogP contribution in [0.5, 0.6) is 0 Å². The highest BCUT2D eigenvalue weighted by molar-refractivity contribution is 7.80. The van der Waals surface area contributed by atoms with E-state index in [0.29, 0.717) is 13.0 Å². The lowest BCUT2D eigenvalue weighted by Crippen LogP contribution is -2.03. The molecule has 82 valence electrons. The van der Waals surface area contributed by atoms with Crippen LogP contribution >= 0.6 is 12.2 Å². The van der Waals surface area contributed by atoms with Gasteiger partial charge in [0.05, 0.1) is 6.61 Å². The van der Waals surface area contributed by atoms with Crippen LogP contribution in [0.2, 0.25) is 0 Å². The van der Waals surface area contributed by atoms with Gasteiger partial charge in [-0.3, -0.25) is 4.79 Å². The maximum atomic E-state index is 10.9. The van der Waals surface area contributed by atoms with Gasteiger partial charge in [-0.05, 0) is 38.0 Å². The first-order valence-electron chi connectivity index (χ1n) is 5.32. The molecule has 0 aliphatic rings. The number of ether oxygens (including phenoxy) is 1. The van der Waals surface area contributed by atoms with E-state index < -0.39 is 0 Å². The van der Waals surface area contributed by atoms with Gasteiger partial charge in [0.1, 0.15) is 0 Å². The van der Waals surface area contributed by atoms with Crippen molar-refractivity contribution in [3.05, 3.63) is 0 Å². The quantitative estimate of drug-likeness (QED) is 0.354. The zero-order valence-electron chi connectivity index (χ0n) is 9.17. The van der Waals surface area contributed by atoms with Crippen LogP contribution in [0.4, 0.5) is 0 Å². The van der Waals surface area contributed by atoms with Crippen molar-refractivity contribution in [2.75, 3.05) is 6.61 Å². The summed E-state index contributed by atoms with van der Waals surface area (Å²) in [5.74, 6) is -0.0708. The molecule has 0 aliphatic carbocycles. The second-order valence-electron chi connectivity index (χ2n) is 3.42. The van der Waals surface area contributed by atoms with Gasteiger partial charge in [-0.25, -0.2) is 0 Å². The second-order valence-corrected chi connectivity index (χ2v) is 4.12. The Labute approximate surface area is 92.0 Å². The van der Waals surface area contributed by atoms with Crippen molar-refractivity contribution in [2.45, 2.75) is 52.4 Å². The fourth-order valence-electron chi connectivity index (χ4n) is 1.23. The Morgan fingerprint density at radius 2 is 1.71 bits per heavy atom. The van der Waals surface area contributed by atoms with Crippen LogP contribution in [0.1, 0.15) is 52.4 Å². The highest BCUT2D eigenvalue weighted by Crippen LogP contribution is 2.06. The van der Waals surface area contributed by atoms with Crippen molar-refractivity contribution in [2.24, 2.45) is 0 Å². The molecule has 2 nitrogen and oxygen atoms in total. The number of carbonyl (C=O) groups is 1. The molecule has 0 aromatic heterocycles. The summed E-state index contributed by atoms with van der Waals surface area (Å²) in [4.78, 5) is 12.0. The molecule has 14 heavy (non-hydrogen) atoms. The summed E-state index contributed by atoms with van der Waals surface area (Å²) in [5, 5.41) is 0. The molecule has 3 heteroatoms. The Bertz CT molecular complexity index is 178. The van der Waals surface area contributed by atoms with Crippen molar-refractivity contribution >= 4 is 23.1 Å². The van der Waals surface area contributed by atoms with Gasteiger partial charge in [-0.1, -0.05) is 25.1 Å². The minimum atomic E-state index is -0.0708. The van der Waals surface area contributed by atoms with Gasteiger partial charge >= 0.3 is 5.97 Å². The molecule has 0 spiro atoms. The first-order chi connectivity index (χ1) is 6.66. The fourth-order valence-corrected chi connectivity index (χ4v) is 1.37. The van der Waals surface area contributed by atoms with Crippen molar-refractivity contribution in [3.8, 4) is 0 Å². The molecular formula is C11H20O2S. The highest BCUT2D eigenvalue weighted by atomic mass is 32.1. The Kier molecular flexibility index (Phi) is 8.84. The Morgan fingerprint density at radius 1 is 1.14 bits per heavy atom. The molecule has 0 rings (SSSR count). The molecule has 0 saturated heterocycles.